The van der Waals surface area contributed by atoms with Crippen molar-refractivity contribution < 1.29 is 0 Å². The van der Waals surface area contributed by atoms with Crippen LogP contribution in [0.2, 0.25) is 0 Å². The van der Waals surface area contributed by atoms with E-state index in [2.05, 4.69) is 26.3 Å². The second kappa shape index (κ2) is 2.83. The largest absolute Gasteiger partial charge is 0.307 e. The zero-order chi connectivity index (χ0) is 9.76. The molecule has 1 aliphatic carbocycles. The fraction of sp³-hybridized carbons (Fsp3) is 0.700. The normalized spacial score (nSPS) is 28.6. The highest BCUT2D eigenvalue weighted by molar-refractivity contribution is 9.10. The number of rotatable bonds is 1. The van der Waals surface area contributed by atoms with E-state index in [4.69, 9.17) is 0 Å². The molecule has 1 saturated carbocycles. The molecule has 14 heavy (non-hydrogen) atoms. The molecule has 76 valence electrons. The molecule has 4 heteroatoms. The molecule has 1 atom stereocenters. The molecule has 1 N–H and O–H groups in total. The van der Waals surface area contributed by atoms with Gasteiger partial charge in [-0.1, -0.05) is 6.42 Å². The van der Waals surface area contributed by atoms with E-state index >= 15 is 0 Å². The maximum atomic E-state index is 4.27. The molecule has 2 heterocycles. The van der Waals surface area contributed by atoms with Crippen molar-refractivity contribution >= 4 is 15.9 Å². The van der Waals surface area contributed by atoms with Gasteiger partial charge in [0.2, 0.25) is 0 Å². The van der Waals surface area contributed by atoms with E-state index < -0.39 is 0 Å². The molecule has 3 rings (SSSR count). The average molecular weight is 256 g/mol. The molecule has 2 aliphatic rings. The quantitative estimate of drug-likeness (QED) is 0.832. The number of nitrogens with one attached hydrogen (secondary N) is 1. The summed E-state index contributed by atoms with van der Waals surface area (Å²) in [6, 6.07) is 0.526. The molecule has 1 unspecified atom stereocenters. The standard InChI is InChI=1S/C10H14BrN3/c1-14-8(7(11)5-13-14)9-10(6-12-9)3-2-4-10/h5,9,12H,2-4,6H2,1H3. The number of aryl methyl sites for hydroxylation is 1. The first-order valence-corrected chi connectivity index (χ1v) is 5.93. The maximum Gasteiger partial charge on any atom is 0.0698 e. The van der Waals surface area contributed by atoms with Crippen molar-refractivity contribution in [3.05, 3.63) is 16.4 Å². The highest BCUT2D eigenvalue weighted by atomic mass is 79.9. The van der Waals surface area contributed by atoms with Crippen LogP contribution in [0.1, 0.15) is 31.0 Å². The van der Waals surface area contributed by atoms with Crippen LogP contribution in [0.5, 0.6) is 0 Å². The predicted molar refractivity (Wildman–Crippen MR) is 57.9 cm³/mol. The summed E-state index contributed by atoms with van der Waals surface area (Å²) in [5, 5.41) is 7.80. The molecular weight excluding hydrogens is 242 g/mol. The highest BCUT2D eigenvalue weighted by Gasteiger charge is 2.52. The van der Waals surface area contributed by atoms with Gasteiger partial charge in [-0.3, -0.25) is 4.68 Å². The fourth-order valence-corrected chi connectivity index (χ4v) is 3.30. The Morgan fingerprint density at radius 3 is 2.79 bits per heavy atom. The molecule has 0 aromatic carbocycles. The molecular formula is C10H14BrN3. The number of hydrogen-bond acceptors (Lipinski definition) is 2. The molecule has 1 aliphatic heterocycles. The summed E-state index contributed by atoms with van der Waals surface area (Å²) in [4.78, 5) is 0. The van der Waals surface area contributed by atoms with Crippen molar-refractivity contribution in [2.45, 2.75) is 25.3 Å². The Kier molecular flexibility index (Phi) is 1.80. The van der Waals surface area contributed by atoms with Gasteiger partial charge in [-0.15, -0.1) is 0 Å². The number of nitrogens with zero attached hydrogens (tertiary/aromatic N) is 2. The number of hydrogen-bond donors (Lipinski definition) is 1. The van der Waals surface area contributed by atoms with Gasteiger partial charge in [0.05, 0.1) is 22.4 Å². The summed E-state index contributed by atoms with van der Waals surface area (Å²) in [6.45, 7) is 1.19. The lowest BCUT2D eigenvalue weighted by Crippen LogP contribution is -2.60. The zero-order valence-electron chi connectivity index (χ0n) is 8.26. The average Bonchev–Trinajstić information content (AvgIpc) is 2.31. The number of aromatic nitrogens is 2. The van der Waals surface area contributed by atoms with Crippen molar-refractivity contribution in [2.24, 2.45) is 12.5 Å². The Bertz CT molecular complexity index is 342. The second-order valence-electron chi connectivity index (χ2n) is 4.53. The first-order chi connectivity index (χ1) is 6.73. The highest BCUT2D eigenvalue weighted by Crippen LogP contribution is 2.55. The third kappa shape index (κ3) is 0.984. The molecule has 1 aromatic rings. The lowest BCUT2D eigenvalue weighted by molar-refractivity contribution is -0.00988. The Hall–Kier alpha value is -0.350. The van der Waals surface area contributed by atoms with Gasteiger partial charge in [0, 0.05) is 19.0 Å². The third-order valence-corrected chi connectivity index (χ3v) is 4.44. The van der Waals surface area contributed by atoms with Crippen LogP contribution in [0.3, 0.4) is 0 Å². The summed E-state index contributed by atoms with van der Waals surface area (Å²) in [6.07, 6.45) is 6.04. The summed E-state index contributed by atoms with van der Waals surface area (Å²) in [5.41, 5.74) is 1.88. The van der Waals surface area contributed by atoms with Crippen LogP contribution in [-0.2, 0) is 7.05 Å². The van der Waals surface area contributed by atoms with Crippen LogP contribution in [0, 0.1) is 5.41 Å². The van der Waals surface area contributed by atoms with Crippen LogP contribution < -0.4 is 5.32 Å². The smallest absolute Gasteiger partial charge is 0.0698 e. The summed E-state index contributed by atoms with van der Waals surface area (Å²) >= 11 is 3.57. The van der Waals surface area contributed by atoms with E-state index in [1.807, 2.05) is 17.9 Å². The van der Waals surface area contributed by atoms with E-state index in [9.17, 15) is 0 Å². The Labute approximate surface area is 92.0 Å². The first kappa shape index (κ1) is 8.92. The van der Waals surface area contributed by atoms with Gasteiger partial charge in [0.15, 0.2) is 0 Å². The van der Waals surface area contributed by atoms with Crippen molar-refractivity contribution in [1.82, 2.24) is 15.1 Å². The zero-order valence-corrected chi connectivity index (χ0v) is 9.84. The lowest BCUT2D eigenvalue weighted by Gasteiger charge is -2.56. The van der Waals surface area contributed by atoms with Crippen LogP contribution in [0.15, 0.2) is 10.7 Å². The minimum Gasteiger partial charge on any atom is -0.307 e. The molecule has 0 radical (unpaired) electrons. The van der Waals surface area contributed by atoms with Gasteiger partial charge < -0.3 is 5.32 Å². The maximum absolute atomic E-state index is 4.27. The van der Waals surface area contributed by atoms with Crippen LogP contribution >= 0.6 is 15.9 Å². The molecule has 1 aromatic heterocycles. The van der Waals surface area contributed by atoms with Crippen molar-refractivity contribution in [3.8, 4) is 0 Å². The molecule has 0 bridgehead atoms. The minimum absolute atomic E-state index is 0.526. The first-order valence-electron chi connectivity index (χ1n) is 5.14. The predicted octanol–water partition coefficient (Wildman–Crippen LogP) is 2.00. The molecule has 1 spiro atoms. The molecule has 2 fully saturated rings. The summed E-state index contributed by atoms with van der Waals surface area (Å²) in [7, 11) is 2.02. The fourth-order valence-electron chi connectivity index (χ4n) is 2.72. The van der Waals surface area contributed by atoms with E-state index in [1.54, 1.807) is 0 Å². The lowest BCUT2D eigenvalue weighted by atomic mass is 9.58. The van der Waals surface area contributed by atoms with Gasteiger partial charge in [-0.05, 0) is 28.8 Å². The van der Waals surface area contributed by atoms with Gasteiger partial charge in [-0.2, -0.15) is 5.10 Å². The Morgan fingerprint density at radius 2 is 2.43 bits per heavy atom. The van der Waals surface area contributed by atoms with E-state index in [-0.39, 0.29) is 0 Å². The van der Waals surface area contributed by atoms with Gasteiger partial charge in [-0.25, -0.2) is 0 Å². The minimum atomic E-state index is 0.526. The summed E-state index contributed by atoms with van der Waals surface area (Å²) in [5.74, 6) is 0. The van der Waals surface area contributed by atoms with Crippen LogP contribution in [0.25, 0.3) is 0 Å². The van der Waals surface area contributed by atoms with E-state index in [0.717, 1.165) is 4.47 Å². The van der Waals surface area contributed by atoms with Crippen molar-refractivity contribution in [3.63, 3.8) is 0 Å². The van der Waals surface area contributed by atoms with E-state index in [1.165, 1.54) is 31.5 Å². The second-order valence-corrected chi connectivity index (χ2v) is 5.39. The van der Waals surface area contributed by atoms with E-state index in [0.29, 0.717) is 11.5 Å². The molecule has 1 saturated heterocycles. The molecule has 3 nitrogen and oxygen atoms in total. The number of halogens is 1. The third-order valence-electron chi connectivity index (χ3n) is 3.83. The Balaban J connectivity index is 1.96. The SMILES string of the molecule is Cn1ncc(Br)c1C1NCC12CCC2. The van der Waals surface area contributed by atoms with Crippen LogP contribution in [-0.4, -0.2) is 16.3 Å². The topological polar surface area (TPSA) is 29.9 Å². The monoisotopic (exact) mass is 255 g/mol. The van der Waals surface area contributed by atoms with Gasteiger partial charge >= 0.3 is 0 Å². The van der Waals surface area contributed by atoms with Crippen molar-refractivity contribution in [1.29, 1.82) is 0 Å². The summed E-state index contributed by atoms with van der Waals surface area (Å²) < 4.78 is 3.13. The van der Waals surface area contributed by atoms with Crippen LogP contribution in [0.4, 0.5) is 0 Å². The Morgan fingerprint density at radius 1 is 1.64 bits per heavy atom. The van der Waals surface area contributed by atoms with Gasteiger partial charge in [0.1, 0.15) is 0 Å². The van der Waals surface area contributed by atoms with Crippen molar-refractivity contribution in [2.75, 3.05) is 6.54 Å². The van der Waals surface area contributed by atoms with Gasteiger partial charge in [0.25, 0.3) is 0 Å². The molecule has 0 amide bonds.